The number of esters is 1. The summed E-state index contributed by atoms with van der Waals surface area (Å²) in [6.45, 7) is 11.0. The zero-order valence-electron chi connectivity index (χ0n) is 28.4. The number of hydrogen-bond donors (Lipinski definition) is 1. The number of nitrogens with one attached hydrogen (secondary N) is 1. The van der Waals surface area contributed by atoms with E-state index in [1.54, 1.807) is 23.8 Å². The van der Waals surface area contributed by atoms with E-state index < -0.39 is 12.1 Å². The van der Waals surface area contributed by atoms with Gasteiger partial charge in [-0.3, -0.25) is 19.3 Å². The second-order valence-electron chi connectivity index (χ2n) is 13.9. The molecule has 1 aliphatic carbocycles. The molecule has 1 N–H and O–H groups in total. The first kappa shape index (κ1) is 34.7. The molecule has 2 fully saturated rings. The quantitative estimate of drug-likeness (QED) is 0.301. The lowest BCUT2D eigenvalue weighted by Crippen LogP contribution is -2.57. The summed E-state index contributed by atoms with van der Waals surface area (Å²) >= 11 is 0. The average molecular weight is 623 g/mol. The molecule has 0 aromatic heterocycles. The van der Waals surface area contributed by atoms with Crippen molar-refractivity contribution >= 4 is 23.7 Å². The maximum atomic E-state index is 13.9. The van der Waals surface area contributed by atoms with Gasteiger partial charge < -0.3 is 19.9 Å². The lowest BCUT2D eigenvalue weighted by molar-refractivity contribution is -0.158. The monoisotopic (exact) mass is 622 g/mol. The van der Waals surface area contributed by atoms with Crippen molar-refractivity contribution in [2.75, 3.05) is 27.2 Å². The number of rotatable bonds is 10. The van der Waals surface area contributed by atoms with Crippen molar-refractivity contribution in [2.45, 2.75) is 116 Å². The highest BCUT2D eigenvalue weighted by Gasteiger charge is 2.39. The third-order valence-corrected chi connectivity index (χ3v) is 9.90. The number of amides is 3. The fraction of sp³-hybridized carbons (Fsp3) is 0.667. The summed E-state index contributed by atoms with van der Waals surface area (Å²) < 4.78 is 6.04. The van der Waals surface area contributed by atoms with E-state index in [1.165, 1.54) is 5.56 Å². The molecule has 1 aromatic rings. The van der Waals surface area contributed by atoms with Crippen LogP contribution >= 0.6 is 0 Å². The minimum atomic E-state index is -0.675. The maximum absolute atomic E-state index is 13.9. The van der Waals surface area contributed by atoms with Crippen molar-refractivity contribution in [3.05, 3.63) is 47.0 Å². The summed E-state index contributed by atoms with van der Waals surface area (Å²) in [4.78, 5) is 59.7. The van der Waals surface area contributed by atoms with Gasteiger partial charge in [-0.25, -0.2) is 4.79 Å². The lowest BCUT2D eigenvalue weighted by Gasteiger charge is -2.36. The van der Waals surface area contributed by atoms with Crippen LogP contribution in [0.3, 0.4) is 0 Å². The molecular formula is C36H54N4O5. The normalized spacial score (nSPS) is 23.8. The largest absolute Gasteiger partial charge is 0.456 e. The standard InChI is InChI=1S/C36H54N4O5/c1-23(2)30(39(7)35(43)32(24(3)4)37-33(41)28-17-10-11-20-38(28)6)22-25(5)34(42)40-21-13-18-29(40)36(44)45-31-19-12-15-26-14-8-9-16-27(26)31/h8-9,14,16,22-24,28-32H,10-13,15,17-21H2,1-7H3,(H,37,41)/b25-22+/t28?,29?,30-,31-,32?/m1/s1. The number of likely N-dealkylation sites (tertiary alicyclic amines) is 2. The van der Waals surface area contributed by atoms with E-state index >= 15 is 0 Å². The highest BCUT2D eigenvalue weighted by Crippen LogP contribution is 2.34. The highest BCUT2D eigenvalue weighted by molar-refractivity contribution is 5.96. The molecular weight excluding hydrogens is 568 g/mol. The second kappa shape index (κ2) is 15.4. The van der Waals surface area contributed by atoms with Gasteiger partial charge >= 0.3 is 5.97 Å². The zero-order valence-corrected chi connectivity index (χ0v) is 28.4. The molecule has 2 saturated heterocycles. The topological polar surface area (TPSA) is 99.3 Å². The summed E-state index contributed by atoms with van der Waals surface area (Å²) in [5.74, 6) is -0.932. The van der Waals surface area contributed by atoms with Crippen molar-refractivity contribution in [1.29, 1.82) is 0 Å². The van der Waals surface area contributed by atoms with Crippen LogP contribution < -0.4 is 5.32 Å². The van der Waals surface area contributed by atoms with Gasteiger partial charge in [-0.1, -0.05) is 64.5 Å². The van der Waals surface area contributed by atoms with E-state index in [-0.39, 0.29) is 53.7 Å². The van der Waals surface area contributed by atoms with Crippen LogP contribution in [0.15, 0.2) is 35.9 Å². The van der Waals surface area contributed by atoms with Crippen molar-refractivity contribution in [3.8, 4) is 0 Å². The Balaban J connectivity index is 1.44. The molecule has 0 bridgehead atoms. The van der Waals surface area contributed by atoms with Gasteiger partial charge in [0.15, 0.2) is 0 Å². The van der Waals surface area contributed by atoms with Gasteiger partial charge in [0.05, 0.1) is 12.1 Å². The van der Waals surface area contributed by atoms with Crippen LogP contribution in [0.4, 0.5) is 0 Å². The van der Waals surface area contributed by atoms with Crippen LogP contribution in [0.1, 0.15) is 96.8 Å². The first-order valence-electron chi connectivity index (χ1n) is 17.0. The Morgan fingerprint density at radius 1 is 0.933 bits per heavy atom. The molecule has 3 aliphatic rings. The minimum Gasteiger partial charge on any atom is -0.456 e. The summed E-state index contributed by atoms with van der Waals surface area (Å²) in [5, 5.41) is 3.05. The third kappa shape index (κ3) is 8.15. The van der Waals surface area contributed by atoms with Crippen molar-refractivity contribution in [1.82, 2.24) is 20.0 Å². The fourth-order valence-corrected chi connectivity index (χ4v) is 7.15. The molecule has 9 heteroatoms. The molecule has 5 atom stereocenters. The molecule has 0 spiro atoms. The minimum absolute atomic E-state index is 0.0143. The van der Waals surface area contributed by atoms with Crippen LogP contribution in [-0.4, -0.2) is 89.7 Å². The maximum Gasteiger partial charge on any atom is 0.329 e. The van der Waals surface area contributed by atoms with E-state index in [9.17, 15) is 19.2 Å². The number of benzene rings is 1. The predicted octanol–water partition coefficient (Wildman–Crippen LogP) is 4.65. The smallest absolute Gasteiger partial charge is 0.329 e. The van der Waals surface area contributed by atoms with Gasteiger partial charge in [-0.15, -0.1) is 0 Å². The SMILES string of the molecule is C/C(=C\[C@H](C(C)C)N(C)C(=O)C(NC(=O)C1CCCCN1C)C(C)C)C(=O)N1CCCC1C(=O)O[C@@H]1CCCc2ccccc21. The lowest BCUT2D eigenvalue weighted by atomic mass is 9.89. The van der Waals surface area contributed by atoms with E-state index in [0.29, 0.717) is 18.5 Å². The number of ether oxygens (including phenoxy) is 1. The Kier molecular flexibility index (Phi) is 11.9. The summed E-state index contributed by atoms with van der Waals surface area (Å²) in [6.07, 6.45) is 8.46. The van der Waals surface area contributed by atoms with Gasteiger partial charge in [0, 0.05) is 19.2 Å². The molecule has 248 valence electrons. The summed E-state index contributed by atoms with van der Waals surface area (Å²) in [5.41, 5.74) is 2.78. The Labute approximate surface area is 269 Å². The Morgan fingerprint density at radius 3 is 2.33 bits per heavy atom. The molecule has 4 rings (SSSR count). The molecule has 3 unspecified atom stereocenters. The van der Waals surface area contributed by atoms with E-state index in [2.05, 4.69) is 16.3 Å². The van der Waals surface area contributed by atoms with Gasteiger partial charge in [-0.2, -0.15) is 0 Å². The number of likely N-dealkylation sites (N-methyl/N-ethyl adjacent to an activating group) is 2. The first-order chi connectivity index (χ1) is 21.4. The van der Waals surface area contributed by atoms with Gasteiger partial charge in [0.2, 0.25) is 17.7 Å². The first-order valence-corrected chi connectivity index (χ1v) is 17.0. The number of carbonyl (C=O) groups is 4. The molecule has 0 saturated carbocycles. The van der Waals surface area contributed by atoms with Crippen LogP contribution in [0.5, 0.6) is 0 Å². The molecule has 45 heavy (non-hydrogen) atoms. The number of fused-ring (bicyclic) bond motifs is 1. The summed E-state index contributed by atoms with van der Waals surface area (Å²) in [6, 6.07) is 6.22. The average Bonchev–Trinajstić information content (AvgIpc) is 3.51. The van der Waals surface area contributed by atoms with Gasteiger partial charge in [-0.05, 0) is 88.4 Å². The van der Waals surface area contributed by atoms with Crippen LogP contribution in [-0.2, 0) is 30.3 Å². The Bertz CT molecular complexity index is 1260. The molecule has 1 aromatic carbocycles. The van der Waals surface area contributed by atoms with Gasteiger partial charge in [0.1, 0.15) is 18.2 Å². The van der Waals surface area contributed by atoms with Crippen molar-refractivity contribution in [2.24, 2.45) is 11.8 Å². The predicted molar refractivity (Wildman–Crippen MR) is 175 cm³/mol. The number of aryl methyl sites for hydroxylation is 1. The van der Waals surface area contributed by atoms with Crippen LogP contribution in [0.2, 0.25) is 0 Å². The number of piperidine rings is 1. The molecule has 2 aliphatic heterocycles. The van der Waals surface area contributed by atoms with Crippen molar-refractivity contribution in [3.63, 3.8) is 0 Å². The Hall–Kier alpha value is -3.20. The number of nitrogens with zero attached hydrogens (tertiary/aromatic N) is 3. The molecule has 2 heterocycles. The third-order valence-electron chi connectivity index (χ3n) is 9.90. The number of hydrogen-bond acceptors (Lipinski definition) is 6. The molecule has 0 radical (unpaired) electrons. The van der Waals surface area contributed by atoms with Gasteiger partial charge in [0.25, 0.3) is 0 Å². The van der Waals surface area contributed by atoms with Crippen molar-refractivity contribution < 1.29 is 23.9 Å². The fourth-order valence-electron chi connectivity index (χ4n) is 7.15. The van der Waals surface area contributed by atoms with Crippen LogP contribution in [0.25, 0.3) is 0 Å². The van der Waals surface area contributed by atoms with E-state index in [0.717, 1.165) is 57.1 Å². The second-order valence-corrected chi connectivity index (χ2v) is 13.9. The van der Waals surface area contributed by atoms with E-state index in [1.807, 2.05) is 59.0 Å². The summed E-state index contributed by atoms with van der Waals surface area (Å²) in [7, 11) is 3.70. The molecule has 9 nitrogen and oxygen atoms in total. The number of carbonyl (C=O) groups excluding carboxylic acids is 4. The molecule has 3 amide bonds. The zero-order chi connectivity index (χ0) is 32.8. The Morgan fingerprint density at radius 2 is 1.64 bits per heavy atom. The highest BCUT2D eigenvalue weighted by atomic mass is 16.5. The van der Waals surface area contributed by atoms with E-state index in [4.69, 9.17) is 4.74 Å². The van der Waals surface area contributed by atoms with Crippen LogP contribution in [0, 0.1) is 11.8 Å².